The number of halogens is 1. The van der Waals surface area contributed by atoms with Gasteiger partial charge < -0.3 is 5.32 Å². The van der Waals surface area contributed by atoms with E-state index < -0.39 is 9.84 Å². The van der Waals surface area contributed by atoms with Crippen LogP contribution in [0.2, 0.25) is 5.02 Å². The summed E-state index contributed by atoms with van der Waals surface area (Å²) in [6, 6.07) is 5.94. The molecular weight excluding hydrogens is 298 g/mol. The van der Waals surface area contributed by atoms with Gasteiger partial charge in [-0.25, -0.2) is 8.42 Å². The third kappa shape index (κ3) is 5.59. The molecule has 0 saturated carbocycles. The molecule has 0 aliphatic carbocycles. The van der Waals surface area contributed by atoms with E-state index in [0.717, 1.165) is 0 Å². The van der Waals surface area contributed by atoms with Gasteiger partial charge in [-0.05, 0) is 31.2 Å². The van der Waals surface area contributed by atoms with Gasteiger partial charge in [-0.1, -0.05) is 29.8 Å². The highest BCUT2D eigenvalue weighted by molar-refractivity contribution is 7.91. The zero-order valence-electron chi connectivity index (χ0n) is 11.0. The number of hydrogen-bond acceptors (Lipinski definition) is 3. The number of carbonyl (C=O) groups excluding carboxylic acids is 1. The van der Waals surface area contributed by atoms with Gasteiger partial charge in [-0.2, -0.15) is 0 Å². The number of hydrogen-bond donors (Lipinski definition) is 1. The van der Waals surface area contributed by atoms with Crippen molar-refractivity contribution >= 4 is 27.3 Å². The zero-order valence-corrected chi connectivity index (χ0v) is 12.6. The molecule has 0 atom stereocenters. The monoisotopic (exact) mass is 313 g/mol. The first-order valence-electron chi connectivity index (χ1n) is 6.01. The molecule has 0 unspecified atom stereocenters. The number of allylic oxidation sites excluding steroid dienone is 3. The first-order valence-corrected chi connectivity index (χ1v) is 8.04. The highest BCUT2D eigenvalue weighted by atomic mass is 35.5. The second-order valence-electron chi connectivity index (χ2n) is 3.95. The van der Waals surface area contributed by atoms with E-state index in [1.54, 1.807) is 18.2 Å². The van der Waals surface area contributed by atoms with Crippen molar-refractivity contribution in [2.75, 3.05) is 12.3 Å². The Morgan fingerprint density at radius 2 is 1.90 bits per heavy atom. The molecule has 0 aromatic heterocycles. The van der Waals surface area contributed by atoms with Crippen LogP contribution < -0.4 is 5.32 Å². The van der Waals surface area contributed by atoms with Crippen LogP contribution in [0.3, 0.4) is 0 Å². The van der Waals surface area contributed by atoms with Crippen LogP contribution in [0.5, 0.6) is 0 Å². The maximum atomic E-state index is 12.0. The molecule has 4 nitrogen and oxygen atoms in total. The molecular formula is C14H16ClNO3S. The van der Waals surface area contributed by atoms with E-state index in [-0.39, 0.29) is 23.1 Å². The van der Waals surface area contributed by atoms with E-state index in [0.29, 0.717) is 5.02 Å². The SMILES string of the molecule is C/C=C/C=C\C(=O)NCCS(=O)(=O)c1ccc(Cl)cc1. The molecule has 6 heteroatoms. The largest absolute Gasteiger partial charge is 0.352 e. The molecule has 1 amide bonds. The van der Waals surface area contributed by atoms with Crippen LogP contribution >= 0.6 is 11.6 Å². The molecule has 0 bridgehead atoms. The number of rotatable bonds is 6. The second kappa shape index (κ2) is 7.87. The molecule has 0 fully saturated rings. The Morgan fingerprint density at radius 3 is 2.50 bits per heavy atom. The summed E-state index contributed by atoms with van der Waals surface area (Å²) >= 11 is 5.70. The van der Waals surface area contributed by atoms with Crippen molar-refractivity contribution in [1.82, 2.24) is 5.32 Å². The summed E-state index contributed by atoms with van der Waals surface area (Å²) in [4.78, 5) is 11.5. The van der Waals surface area contributed by atoms with E-state index in [1.807, 2.05) is 6.92 Å². The minimum atomic E-state index is -3.41. The molecule has 1 N–H and O–H groups in total. The molecule has 20 heavy (non-hydrogen) atoms. The summed E-state index contributed by atoms with van der Waals surface area (Å²) in [5.74, 6) is -0.480. The Kier molecular flexibility index (Phi) is 6.48. The molecule has 0 aliphatic heterocycles. The summed E-state index contributed by atoms with van der Waals surface area (Å²) in [5.41, 5.74) is 0. The second-order valence-corrected chi connectivity index (χ2v) is 6.49. The van der Waals surface area contributed by atoms with Crippen molar-refractivity contribution in [3.05, 3.63) is 53.6 Å². The van der Waals surface area contributed by atoms with Gasteiger partial charge in [-0.3, -0.25) is 4.79 Å². The van der Waals surface area contributed by atoms with Crippen molar-refractivity contribution in [3.63, 3.8) is 0 Å². The zero-order chi connectivity index (χ0) is 15.0. The maximum Gasteiger partial charge on any atom is 0.244 e. The normalized spacial score (nSPS) is 12.1. The van der Waals surface area contributed by atoms with Crippen LogP contribution in [-0.2, 0) is 14.6 Å². The quantitative estimate of drug-likeness (QED) is 0.648. The van der Waals surface area contributed by atoms with Gasteiger partial charge >= 0.3 is 0 Å². The molecule has 108 valence electrons. The van der Waals surface area contributed by atoms with Crippen LogP contribution in [0, 0.1) is 0 Å². The fourth-order valence-electron chi connectivity index (χ4n) is 1.38. The smallest absolute Gasteiger partial charge is 0.244 e. The van der Waals surface area contributed by atoms with E-state index in [9.17, 15) is 13.2 Å². The molecule has 0 heterocycles. The predicted octanol–water partition coefficient (Wildman–Crippen LogP) is 2.36. The molecule has 0 saturated heterocycles. The van der Waals surface area contributed by atoms with Crippen LogP contribution in [0.25, 0.3) is 0 Å². The Morgan fingerprint density at radius 1 is 1.25 bits per heavy atom. The Labute approximate surface area is 124 Å². The summed E-state index contributed by atoms with van der Waals surface area (Å²) in [5, 5.41) is 2.99. The summed E-state index contributed by atoms with van der Waals surface area (Å²) in [6.45, 7) is 1.89. The van der Waals surface area contributed by atoms with Crippen LogP contribution in [0.4, 0.5) is 0 Å². The minimum Gasteiger partial charge on any atom is -0.352 e. The lowest BCUT2D eigenvalue weighted by Crippen LogP contribution is -2.27. The van der Waals surface area contributed by atoms with Gasteiger partial charge in [0.25, 0.3) is 0 Å². The van der Waals surface area contributed by atoms with Gasteiger partial charge in [0.1, 0.15) is 0 Å². The van der Waals surface area contributed by atoms with Crippen molar-refractivity contribution in [2.45, 2.75) is 11.8 Å². The number of amides is 1. The van der Waals surface area contributed by atoms with E-state index >= 15 is 0 Å². The summed E-state index contributed by atoms with van der Waals surface area (Å²) in [7, 11) is -3.41. The first kappa shape index (κ1) is 16.5. The van der Waals surface area contributed by atoms with Crippen LogP contribution in [0.15, 0.2) is 53.5 Å². The summed E-state index contributed by atoms with van der Waals surface area (Å²) < 4.78 is 23.9. The predicted molar refractivity (Wildman–Crippen MR) is 80.5 cm³/mol. The Balaban J connectivity index is 2.52. The third-order valence-corrected chi connectivity index (χ3v) is 4.38. The highest BCUT2D eigenvalue weighted by Gasteiger charge is 2.13. The number of carbonyl (C=O) groups is 1. The minimum absolute atomic E-state index is 0.0595. The van der Waals surface area contributed by atoms with Gasteiger partial charge in [0.05, 0.1) is 10.6 Å². The van der Waals surface area contributed by atoms with E-state index in [1.165, 1.54) is 30.3 Å². The molecule has 1 aromatic rings. The topological polar surface area (TPSA) is 63.2 Å². The first-order chi connectivity index (χ1) is 9.45. The number of nitrogens with one attached hydrogen (secondary N) is 1. The molecule has 1 aromatic carbocycles. The van der Waals surface area contributed by atoms with Gasteiger partial charge in [0, 0.05) is 17.6 Å². The molecule has 0 aliphatic rings. The van der Waals surface area contributed by atoms with Crippen LogP contribution in [-0.4, -0.2) is 26.6 Å². The van der Waals surface area contributed by atoms with E-state index in [2.05, 4.69) is 5.32 Å². The van der Waals surface area contributed by atoms with Gasteiger partial charge in [0.15, 0.2) is 9.84 Å². The number of sulfone groups is 1. The standard InChI is InChI=1S/C14H16ClNO3S/c1-2-3-4-5-14(17)16-10-11-20(18,19)13-8-6-12(15)7-9-13/h2-9H,10-11H2,1H3,(H,16,17)/b3-2+,5-4-. The maximum absolute atomic E-state index is 12.0. The fourth-order valence-corrected chi connectivity index (χ4v) is 2.66. The lowest BCUT2D eigenvalue weighted by atomic mass is 10.4. The third-order valence-electron chi connectivity index (χ3n) is 2.39. The highest BCUT2D eigenvalue weighted by Crippen LogP contribution is 2.14. The molecule has 0 spiro atoms. The average molecular weight is 314 g/mol. The fraction of sp³-hybridized carbons (Fsp3) is 0.214. The number of benzene rings is 1. The van der Waals surface area contributed by atoms with Crippen molar-refractivity contribution in [2.24, 2.45) is 0 Å². The lowest BCUT2D eigenvalue weighted by molar-refractivity contribution is -0.116. The van der Waals surface area contributed by atoms with Gasteiger partial charge in [0.2, 0.25) is 5.91 Å². The van der Waals surface area contributed by atoms with Crippen molar-refractivity contribution in [3.8, 4) is 0 Å². The lowest BCUT2D eigenvalue weighted by Gasteiger charge is -2.05. The van der Waals surface area contributed by atoms with Crippen molar-refractivity contribution in [1.29, 1.82) is 0 Å². The van der Waals surface area contributed by atoms with Crippen LogP contribution in [0.1, 0.15) is 6.92 Å². The van der Waals surface area contributed by atoms with Crippen molar-refractivity contribution < 1.29 is 13.2 Å². The Bertz CT molecular complexity index is 604. The molecule has 0 radical (unpaired) electrons. The Hall–Kier alpha value is -1.59. The molecule has 1 rings (SSSR count). The van der Waals surface area contributed by atoms with E-state index in [4.69, 9.17) is 11.6 Å². The summed E-state index contributed by atoms with van der Waals surface area (Å²) in [6.07, 6.45) is 6.43. The average Bonchev–Trinajstić information content (AvgIpc) is 2.39. The van der Waals surface area contributed by atoms with Gasteiger partial charge in [-0.15, -0.1) is 0 Å².